The van der Waals surface area contributed by atoms with Crippen LogP contribution in [-0.4, -0.2) is 43.7 Å². The van der Waals surface area contributed by atoms with E-state index in [0.29, 0.717) is 0 Å². The first-order chi connectivity index (χ1) is 9.30. The first-order valence-corrected chi connectivity index (χ1v) is 7.52. The molecule has 1 unspecified atom stereocenters. The van der Waals surface area contributed by atoms with Gasteiger partial charge < -0.3 is 4.74 Å². The van der Waals surface area contributed by atoms with Crippen molar-refractivity contribution in [2.45, 2.75) is 6.42 Å². The molecule has 1 aliphatic heterocycles. The number of ether oxygens (including phenoxy) is 1. The first kappa shape index (κ1) is 14.9. The van der Waals surface area contributed by atoms with Gasteiger partial charge in [-0.3, -0.25) is 9.69 Å². The van der Waals surface area contributed by atoms with Crippen LogP contribution >= 0.6 is 11.6 Å². The predicted molar refractivity (Wildman–Crippen MR) is 68.9 cm³/mol. The van der Waals surface area contributed by atoms with Crippen LogP contribution < -0.4 is 9.64 Å². The predicted octanol–water partition coefficient (Wildman–Crippen LogP) is 0.791. The van der Waals surface area contributed by atoms with Gasteiger partial charge in [-0.2, -0.15) is 13.4 Å². The van der Waals surface area contributed by atoms with Gasteiger partial charge in [0.2, 0.25) is 11.2 Å². The summed E-state index contributed by atoms with van der Waals surface area (Å²) in [6.07, 6.45) is 1.23. The Balaban J connectivity index is 2.26. The van der Waals surface area contributed by atoms with Gasteiger partial charge in [-0.15, -0.1) is 3.89 Å². The average Bonchev–Trinajstić information content (AvgIpc) is 2.67. The number of halogens is 2. The fraction of sp³-hybridized carbons (Fsp3) is 0.500. The van der Waals surface area contributed by atoms with Crippen molar-refractivity contribution in [1.82, 2.24) is 9.97 Å². The zero-order valence-electron chi connectivity index (χ0n) is 10.4. The number of anilines is 1. The molecular weight excluding hydrogens is 313 g/mol. The largest absolute Gasteiger partial charge is 0.491 e. The van der Waals surface area contributed by atoms with Gasteiger partial charge in [-0.1, -0.05) is 0 Å². The zero-order chi connectivity index (χ0) is 14.9. The van der Waals surface area contributed by atoms with Gasteiger partial charge in [-0.25, -0.2) is 4.98 Å². The molecule has 1 aliphatic rings. The molecule has 2 heterocycles. The highest BCUT2D eigenvalue weighted by Crippen LogP contribution is 2.31. The Labute approximate surface area is 119 Å². The molecule has 0 N–H and O–H groups in total. The number of rotatable bonds is 4. The van der Waals surface area contributed by atoms with Crippen LogP contribution in [0.5, 0.6) is 5.75 Å². The average molecular weight is 324 g/mol. The lowest BCUT2D eigenvalue weighted by Crippen LogP contribution is -2.27. The molecule has 1 saturated heterocycles. The maximum Gasteiger partial charge on any atom is 0.302 e. The molecule has 110 valence electrons. The molecule has 1 amide bonds. The second kappa shape index (κ2) is 5.49. The molecule has 2 rings (SSSR count). The number of carbonyl (C=O) groups excluding carboxylic acids is 1. The van der Waals surface area contributed by atoms with Crippen LogP contribution in [0.4, 0.5) is 9.70 Å². The summed E-state index contributed by atoms with van der Waals surface area (Å²) in [5, 5.41) is -0.0739. The molecule has 0 bridgehead atoms. The van der Waals surface area contributed by atoms with E-state index >= 15 is 0 Å². The minimum atomic E-state index is -4.63. The smallest absolute Gasteiger partial charge is 0.302 e. The third-order valence-electron chi connectivity index (χ3n) is 2.82. The Bertz CT molecular complexity index is 639. The first-order valence-electron chi connectivity index (χ1n) is 5.59. The van der Waals surface area contributed by atoms with E-state index in [1.54, 1.807) is 0 Å². The number of aromatic nitrogens is 2. The van der Waals surface area contributed by atoms with E-state index < -0.39 is 21.9 Å². The van der Waals surface area contributed by atoms with E-state index in [1.165, 1.54) is 18.2 Å². The van der Waals surface area contributed by atoms with Crippen molar-refractivity contribution in [3.05, 3.63) is 11.5 Å². The van der Waals surface area contributed by atoms with Crippen molar-refractivity contribution in [2.75, 3.05) is 24.3 Å². The molecule has 0 saturated carbocycles. The molecule has 1 aromatic rings. The van der Waals surface area contributed by atoms with Crippen molar-refractivity contribution in [1.29, 1.82) is 0 Å². The quantitative estimate of drug-likeness (QED) is 0.601. The molecular formula is C10H11ClFN3O4S. The van der Waals surface area contributed by atoms with Crippen LogP contribution in [0.2, 0.25) is 5.28 Å². The van der Waals surface area contributed by atoms with E-state index in [9.17, 15) is 17.1 Å². The number of amides is 1. The second-order valence-corrected chi connectivity index (χ2v) is 6.06. The molecule has 1 fully saturated rings. The van der Waals surface area contributed by atoms with Crippen molar-refractivity contribution in [3.63, 3.8) is 0 Å². The standard InChI is InChI=1S/C10H11ClFN3O4S/c1-19-7-3-13-10(11)14-9(7)15-4-6(2-8(15)16)5-20(12,17)18/h3,6H,2,4-5H2,1H3. The molecule has 1 atom stereocenters. The highest BCUT2D eigenvalue weighted by Gasteiger charge is 2.35. The second-order valence-electron chi connectivity index (χ2n) is 4.31. The minimum absolute atomic E-state index is 0.0334. The van der Waals surface area contributed by atoms with Crippen LogP contribution in [0.25, 0.3) is 0 Å². The Kier molecular flexibility index (Phi) is 4.09. The summed E-state index contributed by atoms with van der Waals surface area (Å²) in [4.78, 5) is 20.7. The number of carbonyl (C=O) groups is 1. The Hall–Kier alpha value is -1.48. The Morgan fingerprint density at radius 1 is 1.60 bits per heavy atom. The summed E-state index contributed by atoms with van der Waals surface area (Å²) in [5.41, 5.74) is 0. The Morgan fingerprint density at radius 2 is 2.30 bits per heavy atom. The van der Waals surface area contributed by atoms with Crippen LogP contribution in [-0.2, 0) is 15.0 Å². The Morgan fingerprint density at radius 3 is 2.90 bits per heavy atom. The number of hydrogen-bond acceptors (Lipinski definition) is 6. The lowest BCUT2D eigenvalue weighted by atomic mass is 10.1. The third-order valence-corrected chi connectivity index (χ3v) is 3.87. The summed E-state index contributed by atoms with van der Waals surface area (Å²) < 4.78 is 39.0. The lowest BCUT2D eigenvalue weighted by molar-refractivity contribution is -0.117. The minimum Gasteiger partial charge on any atom is -0.491 e. The third kappa shape index (κ3) is 3.34. The lowest BCUT2D eigenvalue weighted by Gasteiger charge is -2.17. The van der Waals surface area contributed by atoms with Crippen LogP contribution in [0.15, 0.2) is 6.20 Å². The van der Waals surface area contributed by atoms with Gasteiger partial charge in [0, 0.05) is 18.9 Å². The van der Waals surface area contributed by atoms with Gasteiger partial charge in [-0.05, 0) is 11.6 Å². The van der Waals surface area contributed by atoms with E-state index in [4.69, 9.17) is 16.3 Å². The van der Waals surface area contributed by atoms with E-state index in [-0.39, 0.29) is 35.7 Å². The van der Waals surface area contributed by atoms with Gasteiger partial charge in [0.05, 0.1) is 19.1 Å². The fourth-order valence-corrected chi connectivity index (χ4v) is 2.97. The molecule has 20 heavy (non-hydrogen) atoms. The van der Waals surface area contributed by atoms with Crippen molar-refractivity contribution in [2.24, 2.45) is 5.92 Å². The van der Waals surface area contributed by atoms with Gasteiger partial charge in [0.25, 0.3) is 0 Å². The van der Waals surface area contributed by atoms with Gasteiger partial charge >= 0.3 is 10.2 Å². The van der Waals surface area contributed by atoms with Crippen molar-refractivity contribution in [3.8, 4) is 5.75 Å². The molecule has 1 aromatic heterocycles. The van der Waals surface area contributed by atoms with Gasteiger partial charge in [0.15, 0.2) is 11.6 Å². The van der Waals surface area contributed by atoms with Gasteiger partial charge in [0.1, 0.15) is 0 Å². The van der Waals surface area contributed by atoms with Crippen LogP contribution in [0.1, 0.15) is 6.42 Å². The maximum absolute atomic E-state index is 12.7. The number of methoxy groups -OCH3 is 1. The highest BCUT2D eigenvalue weighted by atomic mass is 35.5. The highest BCUT2D eigenvalue weighted by molar-refractivity contribution is 7.86. The summed E-state index contributed by atoms with van der Waals surface area (Å²) >= 11 is 5.67. The van der Waals surface area contributed by atoms with E-state index in [1.807, 2.05) is 0 Å². The zero-order valence-corrected chi connectivity index (χ0v) is 12.0. The fourth-order valence-electron chi connectivity index (χ4n) is 2.06. The molecule has 0 spiro atoms. The molecule has 7 nitrogen and oxygen atoms in total. The molecule has 0 aliphatic carbocycles. The number of hydrogen-bond donors (Lipinski definition) is 0. The SMILES string of the molecule is COc1cnc(Cl)nc1N1CC(CS(=O)(=O)F)CC1=O. The summed E-state index contributed by atoms with van der Waals surface area (Å²) in [5.74, 6) is -1.32. The van der Waals surface area contributed by atoms with E-state index in [2.05, 4.69) is 9.97 Å². The van der Waals surface area contributed by atoms with E-state index in [0.717, 1.165) is 0 Å². The summed E-state index contributed by atoms with van der Waals surface area (Å²) in [6.45, 7) is 0.0334. The topological polar surface area (TPSA) is 89.5 Å². The van der Waals surface area contributed by atoms with Crippen molar-refractivity contribution < 1.29 is 21.8 Å². The molecule has 0 aromatic carbocycles. The molecule has 0 radical (unpaired) electrons. The normalized spacial score (nSPS) is 19.4. The van der Waals surface area contributed by atoms with Crippen molar-refractivity contribution >= 4 is 33.5 Å². The number of nitrogens with zero attached hydrogens (tertiary/aromatic N) is 3. The summed E-state index contributed by atoms with van der Waals surface area (Å²) in [6, 6.07) is 0. The summed E-state index contributed by atoms with van der Waals surface area (Å²) in [7, 11) is -3.25. The van der Waals surface area contributed by atoms with Crippen LogP contribution in [0, 0.1) is 5.92 Å². The monoisotopic (exact) mass is 323 g/mol. The van der Waals surface area contributed by atoms with Crippen LogP contribution in [0.3, 0.4) is 0 Å². The molecule has 10 heteroatoms. The maximum atomic E-state index is 12.7.